The molecule has 1 heterocycles. The van der Waals surface area contributed by atoms with Crippen molar-refractivity contribution in [2.24, 2.45) is 0 Å². The summed E-state index contributed by atoms with van der Waals surface area (Å²) in [6.45, 7) is 5.49. The topological polar surface area (TPSA) is 74.8 Å². The van der Waals surface area contributed by atoms with Crippen LogP contribution in [0.5, 0.6) is 0 Å². The van der Waals surface area contributed by atoms with Gasteiger partial charge >= 0.3 is 0 Å². The zero-order valence-corrected chi connectivity index (χ0v) is 12.0. The molecule has 6 heteroatoms. The van der Waals surface area contributed by atoms with Crippen molar-refractivity contribution in [2.75, 3.05) is 0 Å². The molecule has 0 saturated heterocycles. The number of aromatic amines is 1. The van der Waals surface area contributed by atoms with Gasteiger partial charge < -0.3 is 0 Å². The van der Waals surface area contributed by atoms with Crippen molar-refractivity contribution < 1.29 is 8.42 Å². The largest absolute Gasteiger partial charge is 0.281 e. The zero-order valence-electron chi connectivity index (χ0n) is 11.1. The van der Waals surface area contributed by atoms with Crippen molar-refractivity contribution in [1.29, 1.82) is 0 Å². The Labute approximate surface area is 113 Å². The lowest BCUT2D eigenvalue weighted by atomic mass is 10.1. The van der Waals surface area contributed by atoms with Crippen LogP contribution in [0.1, 0.15) is 29.8 Å². The predicted molar refractivity (Wildman–Crippen MR) is 73.2 cm³/mol. The predicted octanol–water partition coefficient (Wildman–Crippen LogP) is 2.07. The second-order valence-corrected chi connectivity index (χ2v) is 6.30. The number of benzene rings is 1. The molecule has 0 spiro atoms. The lowest BCUT2D eigenvalue weighted by molar-refractivity contribution is 0.566. The first-order chi connectivity index (χ1) is 8.90. The monoisotopic (exact) mass is 279 g/mol. The Bertz CT molecular complexity index is 659. The summed E-state index contributed by atoms with van der Waals surface area (Å²) < 4.78 is 27.0. The molecule has 0 amide bonds. The van der Waals surface area contributed by atoms with E-state index in [2.05, 4.69) is 14.9 Å². The van der Waals surface area contributed by atoms with E-state index in [4.69, 9.17) is 0 Å². The highest BCUT2D eigenvalue weighted by Crippen LogP contribution is 2.18. The van der Waals surface area contributed by atoms with Crippen LogP contribution >= 0.6 is 0 Å². The highest BCUT2D eigenvalue weighted by atomic mass is 32.2. The van der Waals surface area contributed by atoms with E-state index in [0.29, 0.717) is 5.69 Å². The minimum Gasteiger partial charge on any atom is -0.281 e. The Morgan fingerprint density at radius 2 is 1.84 bits per heavy atom. The number of hydrogen-bond donors (Lipinski definition) is 2. The Morgan fingerprint density at radius 1 is 1.21 bits per heavy atom. The molecule has 1 aromatic heterocycles. The molecule has 2 N–H and O–H groups in total. The number of aromatic nitrogens is 2. The molecule has 0 saturated carbocycles. The van der Waals surface area contributed by atoms with E-state index in [1.165, 1.54) is 6.20 Å². The van der Waals surface area contributed by atoms with Crippen LogP contribution in [-0.2, 0) is 10.0 Å². The van der Waals surface area contributed by atoms with Gasteiger partial charge in [-0.1, -0.05) is 29.8 Å². The maximum atomic E-state index is 12.2. The van der Waals surface area contributed by atoms with E-state index < -0.39 is 10.0 Å². The van der Waals surface area contributed by atoms with Crippen molar-refractivity contribution >= 4 is 10.0 Å². The maximum Gasteiger partial charge on any atom is 0.244 e. The van der Waals surface area contributed by atoms with Gasteiger partial charge in [0.25, 0.3) is 0 Å². The fraction of sp³-hybridized carbons (Fsp3) is 0.308. The smallest absolute Gasteiger partial charge is 0.244 e. The van der Waals surface area contributed by atoms with Crippen molar-refractivity contribution in [3.63, 3.8) is 0 Å². The summed E-state index contributed by atoms with van der Waals surface area (Å²) in [6, 6.07) is 7.47. The minimum absolute atomic E-state index is 0.187. The number of aryl methyl sites for hydroxylation is 2. The maximum absolute atomic E-state index is 12.2. The molecule has 0 aliphatic heterocycles. The molecule has 0 aliphatic rings. The molecule has 0 bridgehead atoms. The summed E-state index contributed by atoms with van der Waals surface area (Å²) >= 11 is 0. The van der Waals surface area contributed by atoms with Gasteiger partial charge in [0.2, 0.25) is 10.0 Å². The zero-order chi connectivity index (χ0) is 14.0. The van der Waals surface area contributed by atoms with Gasteiger partial charge in [-0.2, -0.15) is 5.10 Å². The van der Waals surface area contributed by atoms with Crippen LogP contribution in [0.2, 0.25) is 0 Å². The van der Waals surface area contributed by atoms with Gasteiger partial charge in [-0.15, -0.1) is 0 Å². The van der Waals surface area contributed by atoms with E-state index in [-0.39, 0.29) is 10.9 Å². The molecule has 1 atom stereocenters. The van der Waals surface area contributed by atoms with Crippen molar-refractivity contribution in [2.45, 2.75) is 31.7 Å². The Hall–Kier alpha value is -1.66. The second-order valence-electron chi connectivity index (χ2n) is 4.61. The Kier molecular flexibility index (Phi) is 3.73. The molecule has 5 nitrogen and oxygen atoms in total. The SMILES string of the molecule is Cc1ccc(C(C)NS(=O)(=O)c2cn[nH]c2C)cc1. The second kappa shape index (κ2) is 5.14. The molecule has 102 valence electrons. The van der Waals surface area contributed by atoms with Crippen LogP contribution < -0.4 is 4.72 Å². The van der Waals surface area contributed by atoms with Gasteiger partial charge in [-0.25, -0.2) is 13.1 Å². The van der Waals surface area contributed by atoms with Crippen LogP contribution in [0.25, 0.3) is 0 Å². The normalized spacial score (nSPS) is 13.4. The summed E-state index contributed by atoms with van der Waals surface area (Å²) in [5.74, 6) is 0. The highest BCUT2D eigenvalue weighted by Gasteiger charge is 2.21. The van der Waals surface area contributed by atoms with Gasteiger partial charge in [0.05, 0.1) is 11.9 Å². The first kappa shape index (κ1) is 13.8. The van der Waals surface area contributed by atoms with Crippen molar-refractivity contribution in [3.8, 4) is 0 Å². The number of rotatable bonds is 4. The van der Waals surface area contributed by atoms with Crippen LogP contribution in [0.3, 0.4) is 0 Å². The van der Waals surface area contributed by atoms with Gasteiger partial charge in [-0.3, -0.25) is 5.10 Å². The molecule has 2 rings (SSSR count). The van der Waals surface area contributed by atoms with Gasteiger partial charge in [0.15, 0.2) is 0 Å². The fourth-order valence-electron chi connectivity index (χ4n) is 1.83. The van der Waals surface area contributed by atoms with E-state index in [9.17, 15) is 8.42 Å². The summed E-state index contributed by atoms with van der Waals surface area (Å²) in [5, 5.41) is 6.36. The van der Waals surface area contributed by atoms with E-state index in [1.54, 1.807) is 6.92 Å². The Morgan fingerprint density at radius 3 is 2.37 bits per heavy atom. The van der Waals surface area contributed by atoms with Crippen LogP contribution in [0, 0.1) is 13.8 Å². The quantitative estimate of drug-likeness (QED) is 0.899. The first-order valence-corrected chi connectivity index (χ1v) is 7.47. The molecule has 19 heavy (non-hydrogen) atoms. The summed E-state index contributed by atoms with van der Waals surface area (Å²) in [4.78, 5) is 0.187. The van der Waals surface area contributed by atoms with Gasteiger partial charge in [-0.05, 0) is 26.3 Å². The standard InChI is InChI=1S/C13H17N3O2S/c1-9-4-6-12(7-5-9)10(2)16-19(17,18)13-8-14-15-11(13)3/h4-8,10,16H,1-3H3,(H,14,15). The van der Waals surface area contributed by atoms with Crippen LogP contribution in [0.4, 0.5) is 0 Å². The highest BCUT2D eigenvalue weighted by molar-refractivity contribution is 7.89. The third kappa shape index (κ3) is 3.02. The van der Waals surface area contributed by atoms with E-state index in [0.717, 1.165) is 11.1 Å². The lowest BCUT2D eigenvalue weighted by Gasteiger charge is -2.14. The van der Waals surface area contributed by atoms with Crippen LogP contribution in [-0.4, -0.2) is 18.6 Å². The number of nitrogens with one attached hydrogen (secondary N) is 2. The lowest BCUT2D eigenvalue weighted by Crippen LogP contribution is -2.27. The Balaban J connectivity index is 2.21. The van der Waals surface area contributed by atoms with Gasteiger partial charge in [0, 0.05) is 6.04 Å². The number of H-pyrrole nitrogens is 1. The number of sulfonamides is 1. The molecule has 1 aromatic carbocycles. The summed E-state index contributed by atoms with van der Waals surface area (Å²) in [6.07, 6.45) is 1.32. The molecule has 0 fully saturated rings. The molecule has 0 radical (unpaired) electrons. The molecular formula is C13H17N3O2S. The van der Waals surface area contributed by atoms with Gasteiger partial charge in [0.1, 0.15) is 4.90 Å². The third-order valence-electron chi connectivity index (χ3n) is 2.98. The van der Waals surface area contributed by atoms with E-state index >= 15 is 0 Å². The summed E-state index contributed by atoms with van der Waals surface area (Å²) in [7, 11) is -3.55. The molecule has 1 unspecified atom stereocenters. The average Bonchev–Trinajstić information content (AvgIpc) is 2.76. The van der Waals surface area contributed by atoms with Crippen molar-refractivity contribution in [3.05, 3.63) is 47.3 Å². The first-order valence-electron chi connectivity index (χ1n) is 5.99. The van der Waals surface area contributed by atoms with Crippen LogP contribution in [0.15, 0.2) is 35.4 Å². The minimum atomic E-state index is -3.55. The fourth-order valence-corrected chi connectivity index (χ4v) is 3.20. The average molecular weight is 279 g/mol. The third-order valence-corrected chi connectivity index (χ3v) is 4.64. The molecule has 2 aromatic rings. The molecule has 0 aliphatic carbocycles. The molecular weight excluding hydrogens is 262 g/mol. The van der Waals surface area contributed by atoms with Crippen molar-refractivity contribution in [1.82, 2.24) is 14.9 Å². The number of hydrogen-bond acceptors (Lipinski definition) is 3. The van der Waals surface area contributed by atoms with E-state index in [1.807, 2.05) is 38.1 Å². The summed E-state index contributed by atoms with van der Waals surface area (Å²) in [5.41, 5.74) is 2.60. The number of nitrogens with zero attached hydrogens (tertiary/aromatic N) is 1.